The van der Waals surface area contributed by atoms with E-state index in [0.717, 1.165) is 31.5 Å². The second-order valence-corrected chi connectivity index (χ2v) is 7.31. The van der Waals surface area contributed by atoms with E-state index in [1.54, 1.807) is 22.4 Å². The molecule has 0 aliphatic carbocycles. The number of amides is 1. The highest BCUT2D eigenvalue weighted by atomic mass is 32.1. The van der Waals surface area contributed by atoms with Crippen molar-refractivity contribution in [3.05, 3.63) is 71.0 Å². The second kappa shape index (κ2) is 7.88. The number of benzene rings is 2. The first-order valence-corrected chi connectivity index (χ1v) is 9.80. The number of hydrogen-bond donors (Lipinski definition) is 0. The minimum atomic E-state index is -0.407. The predicted molar refractivity (Wildman–Crippen MR) is 103 cm³/mol. The van der Waals surface area contributed by atoms with Crippen LogP contribution in [0.5, 0.6) is 5.75 Å². The molecule has 1 aromatic heterocycles. The Labute approximate surface area is 161 Å². The van der Waals surface area contributed by atoms with Crippen LogP contribution >= 0.6 is 11.3 Å². The summed E-state index contributed by atoms with van der Waals surface area (Å²) in [6, 6.07) is 14.5. The Hall–Kier alpha value is -2.73. The second-order valence-electron chi connectivity index (χ2n) is 6.45. The number of ether oxygens (including phenoxy) is 1. The molecular formula is C21H19FN2O2S. The molecule has 1 saturated heterocycles. The molecule has 0 radical (unpaired) electrons. The molecule has 0 bridgehead atoms. The average molecular weight is 382 g/mol. The van der Waals surface area contributed by atoms with E-state index in [1.807, 2.05) is 30.3 Å². The molecule has 1 aliphatic rings. The van der Waals surface area contributed by atoms with Crippen molar-refractivity contribution in [1.82, 2.24) is 9.88 Å². The molecular weight excluding hydrogens is 363 g/mol. The van der Waals surface area contributed by atoms with Crippen molar-refractivity contribution in [2.75, 3.05) is 13.1 Å². The minimum Gasteiger partial charge on any atom is -0.489 e. The van der Waals surface area contributed by atoms with Crippen LogP contribution in [0.1, 0.15) is 28.9 Å². The van der Waals surface area contributed by atoms with Gasteiger partial charge < -0.3 is 9.64 Å². The van der Waals surface area contributed by atoms with Gasteiger partial charge in [-0.3, -0.25) is 4.79 Å². The molecule has 0 spiro atoms. The highest BCUT2D eigenvalue weighted by molar-refractivity contribution is 7.13. The van der Waals surface area contributed by atoms with Crippen LogP contribution in [-0.4, -0.2) is 28.9 Å². The third kappa shape index (κ3) is 4.01. The standard InChI is InChI=1S/C21H19FN2O2S/c22-18-12-16(26-13-15-6-2-1-3-7-15)8-9-17(18)20-23-19(14-27-20)21(25)24-10-4-5-11-24/h1-3,6-9,12,14H,4-5,10-11,13H2. The van der Waals surface area contributed by atoms with Crippen molar-refractivity contribution in [2.45, 2.75) is 19.4 Å². The zero-order valence-electron chi connectivity index (χ0n) is 14.7. The predicted octanol–water partition coefficient (Wildman–Crippen LogP) is 4.76. The van der Waals surface area contributed by atoms with Gasteiger partial charge >= 0.3 is 0 Å². The summed E-state index contributed by atoms with van der Waals surface area (Å²) in [6.45, 7) is 1.92. The molecule has 1 fully saturated rings. The maximum absolute atomic E-state index is 14.6. The van der Waals surface area contributed by atoms with Crippen LogP contribution in [0.15, 0.2) is 53.9 Å². The summed E-state index contributed by atoms with van der Waals surface area (Å²) in [7, 11) is 0. The Balaban J connectivity index is 1.47. The van der Waals surface area contributed by atoms with Gasteiger partial charge in [-0.25, -0.2) is 9.37 Å². The van der Waals surface area contributed by atoms with Crippen LogP contribution in [-0.2, 0) is 6.61 Å². The molecule has 0 unspecified atom stereocenters. The van der Waals surface area contributed by atoms with Crippen molar-refractivity contribution in [1.29, 1.82) is 0 Å². The summed E-state index contributed by atoms with van der Waals surface area (Å²) in [5.41, 5.74) is 1.79. The van der Waals surface area contributed by atoms with Crippen LogP contribution in [0.25, 0.3) is 10.6 Å². The molecule has 0 N–H and O–H groups in total. The molecule has 27 heavy (non-hydrogen) atoms. The summed E-state index contributed by atoms with van der Waals surface area (Å²) in [5, 5.41) is 2.21. The zero-order valence-corrected chi connectivity index (χ0v) is 15.5. The van der Waals surface area contributed by atoms with Gasteiger partial charge in [-0.05, 0) is 30.5 Å². The van der Waals surface area contributed by atoms with Crippen molar-refractivity contribution < 1.29 is 13.9 Å². The van der Waals surface area contributed by atoms with Gasteiger partial charge in [-0.1, -0.05) is 30.3 Å². The number of aromatic nitrogens is 1. The molecule has 138 valence electrons. The Morgan fingerprint density at radius 3 is 2.67 bits per heavy atom. The SMILES string of the molecule is O=C(c1csc(-c2ccc(OCc3ccccc3)cc2F)n1)N1CCCC1. The molecule has 0 atom stereocenters. The topological polar surface area (TPSA) is 42.4 Å². The zero-order chi connectivity index (χ0) is 18.6. The Kier molecular flexibility index (Phi) is 5.16. The van der Waals surface area contributed by atoms with E-state index in [9.17, 15) is 9.18 Å². The fraction of sp³-hybridized carbons (Fsp3) is 0.238. The lowest BCUT2D eigenvalue weighted by molar-refractivity contribution is 0.0788. The third-order valence-electron chi connectivity index (χ3n) is 4.54. The molecule has 1 aliphatic heterocycles. The van der Waals surface area contributed by atoms with Gasteiger partial charge in [0.2, 0.25) is 0 Å². The highest BCUT2D eigenvalue weighted by Crippen LogP contribution is 2.30. The minimum absolute atomic E-state index is 0.0711. The van der Waals surface area contributed by atoms with Gasteiger partial charge in [-0.2, -0.15) is 0 Å². The molecule has 2 heterocycles. The summed E-state index contributed by atoms with van der Waals surface area (Å²) >= 11 is 1.28. The largest absolute Gasteiger partial charge is 0.489 e. The number of carbonyl (C=O) groups is 1. The Bertz CT molecular complexity index is 936. The van der Waals surface area contributed by atoms with E-state index < -0.39 is 5.82 Å². The van der Waals surface area contributed by atoms with Gasteiger partial charge in [0.15, 0.2) is 0 Å². The van der Waals surface area contributed by atoms with Gasteiger partial charge in [0, 0.05) is 30.1 Å². The van der Waals surface area contributed by atoms with Gasteiger partial charge in [0.1, 0.15) is 28.9 Å². The number of halogens is 1. The van der Waals surface area contributed by atoms with Crippen LogP contribution in [0, 0.1) is 5.82 Å². The monoisotopic (exact) mass is 382 g/mol. The lowest BCUT2D eigenvalue weighted by Crippen LogP contribution is -2.27. The molecule has 4 nitrogen and oxygen atoms in total. The average Bonchev–Trinajstić information content (AvgIpc) is 3.39. The summed E-state index contributed by atoms with van der Waals surface area (Å²) in [4.78, 5) is 18.6. The summed E-state index contributed by atoms with van der Waals surface area (Å²) in [6.07, 6.45) is 2.06. The van der Waals surface area contributed by atoms with Crippen molar-refractivity contribution in [3.63, 3.8) is 0 Å². The highest BCUT2D eigenvalue weighted by Gasteiger charge is 2.22. The smallest absolute Gasteiger partial charge is 0.273 e. The van der Waals surface area contributed by atoms with E-state index in [2.05, 4.69) is 4.98 Å². The van der Waals surface area contributed by atoms with Crippen LogP contribution in [0.2, 0.25) is 0 Å². The maximum atomic E-state index is 14.6. The first kappa shape index (κ1) is 17.7. The molecule has 1 amide bonds. The number of likely N-dealkylation sites (tertiary alicyclic amines) is 1. The van der Waals surface area contributed by atoms with Gasteiger partial charge in [0.25, 0.3) is 5.91 Å². The van der Waals surface area contributed by atoms with E-state index in [-0.39, 0.29) is 5.91 Å². The van der Waals surface area contributed by atoms with Gasteiger partial charge in [0.05, 0.1) is 0 Å². The Morgan fingerprint density at radius 1 is 1.15 bits per heavy atom. The summed E-state index contributed by atoms with van der Waals surface area (Å²) < 4.78 is 20.2. The van der Waals surface area contributed by atoms with E-state index in [4.69, 9.17) is 4.74 Å². The van der Waals surface area contributed by atoms with E-state index in [0.29, 0.717) is 28.6 Å². The molecule has 6 heteroatoms. The van der Waals surface area contributed by atoms with Crippen LogP contribution < -0.4 is 4.74 Å². The molecule has 4 rings (SSSR count). The van der Waals surface area contributed by atoms with Crippen LogP contribution in [0.3, 0.4) is 0 Å². The first-order valence-electron chi connectivity index (χ1n) is 8.92. The van der Waals surface area contributed by atoms with Crippen molar-refractivity contribution >= 4 is 17.2 Å². The molecule has 0 saturated carbocycles. The maximum Gasteiger partial charge on any atom is 0.273 e. The first-order chi connectivity index (χ1) is 13.2. The fourth-order valence-corrected chi connectivity index (χ4v) is 3.90. The lowest BCUT2D eigenvalue weighted by atomic mass is 10.2. The van der Waals surface area contributed by atoms with E-state index >= 15 is 0 Å². The Morgan fingerprint density at radius 2 is 1.93 bits per heavy atom. The number of carbonyl (C=O) groups excluding carboxylic acids is 1. The fourth-order valence-electron chi connectivity index (χ4n) is 3.08. The van der Waals surface area contributed by atoms with Crippen LogP contribution in [0.4, 0.5) is 4.39 Å². The molecule has 3 aromatic rings. The van der Waals surface area contributed by atoms with Gasteiger partial charge in [-0.15, -0.1) is 11.3 Å². The summed E-state index contributed by atoms with van der Waals surface area (Å²) in [5.74, 6) is -0.0154. The van der Waals surface area contributed by atoms with Crippen molar-refractivity contribution in [3.8, 4) is 16.3 Å². The number of nitrogens with zero attached hydrogens (tertiary/aromatic N) is 2. The number of hydrogen-bond acceptors (Lipinski definition) is 4. The number of rotatable bonds is 5. The number of thiazole rings is 1. The van der Waals surface area contributed by atoms with E-state index in [1.165, 1.54) is 17.4 Å². The quantitative estimate of drug-likeness (QED) is 0.639. The third-order valence-corrected chi connectivity index (χ3v) is 5.41. The van der Waals surface area contributed by atoms with Crippen molar-refractivity contribution in [2.24, 2.45) is 0 Å². The normalized spacial score (nSPS) is 13.7. The molecule has 2 aromatic carbocycles. The lowest BCUT2D eigenvalue weighted by Gasteiger charge is -2.12.